The van der Waals surface area contributed by atoms with Crippen LogP contribution in [0, 0.1) is 0 Å². The van der Waals surface area contributed by atoms with Gasteiger partial charge in [-0.1, -0.05) is 164 Å². The standard InChI is InChI=1S/C49H38N4O/c1-5-16-34(17-6-1)47-50-48(35-18-7-2-8-19-35)52-49(51-47)36-30-28-33(29-31-36)40-26-15-27-42-44-43(32-37-20-13-14-25-41(37)46(44)54-45(40)42)53(38-21-9-3-10-22-38)39-23-11-4-12-24-39/h1-32,47-52H. The first-order valence-corrected chi connectivity index (χ1v) is 18.5. The lowest BCUT2D eigenvalue weighted by molar-refractivity contribution is 0.203. The van der Waals surface area contributed by atoms with Crippen molar-refractivity contribution in [3.63, 3.8) is 0 Å². The van der Waals surface area contributed by atoms with Gasteiger partial charge in [-0.05, 0) is 58.0 Å². The lowest BCUT2D eigenvalue weighted by atomic mass is 9.98. The van der Waals surface area contributed by atoms with Crippen molar-refractivity contribution < 1.29 is 4.42 Å². The molecule has 2 atom stereocenters. The zero-order valence-electron chi connectivity index (χ0n) is 29.6. The van der Waals surface area contributed by atoms with Gasteiger partial charge >= 0.3 is 0 Å². The van der Waals surface area contributed by atoms with Crippen LogP contribution in [0.15, 0.2) is 199 Å². The summed E-state index contributed by atoms with van der Waals surface area (Å²) in [6.45, 7) is 0. The molecule has 3 N–H and O–H groups in total. The van der Waals surface area contributed by atoms with E-state index in [2.05, 4.69) is 215 Å². The molecule has 0 spiro atoms. The van der Waals surface area contributed by atoms with Gasteiger partial charge in [-0.25, -0.2) is 0 Å². The topological polar surface area (TPSA) is 52.5 Å². The molecule has 1 aliphatic rings. The highest BCUT2D eigenvalue weighted by Crippen LogP contribution is 2.47. The lowest BCUT2D eigenvalue weighted by Crippen LogP contribution is -2.54. The Hall–Kier alpha value is -6.50. The molecule has 8 aromatic carbocycles. The number of rotatable bonds is 7. The third kappa shape index (κ3) is 5.81. The maximum Gasteiger partial charge on any atom is 0.145 e. The Morgan fingerprint density at radius 3 is 1.46 bits per heavy atom. The first kappa shape index (κ1) is 32.2. The van der Waals surface area contributed by atoms with Crippen molar-refractivity contribution in [2.45, 2.75) is 18.5 Å². The largest absolute Gasteiger partial charge is 0.455 e. The number of para-hydroxylation sites is 3. The molecule has 0 radical (unpaired) electrons. The SMILES string of the molecule is c1ccc(C2NC(c3ccccc3)NC(c3ccc(-c4cccc5c4oc4c6ccccc6cc(N(c6ccccc6)c6ccccc6)c54)cc3)N2)cc1. The highest BCUT2D eigenvalue weighted by molar-refractivity contribution is 6.23. The summed E-state index contributed by atoms with van der Waals surface area (Å²) >= 11 is 0. The Balaban J connectivity index is 1.08. The van der Waals surface area contributed by atoms with E-state index in [0.717, 1.165) is 66.5 Å². The molecule has 5 nitrogen and oxygen atoms in total. The number of furan rings is 1. The molecule has 10 rings (SSSR count). The van der Waals surface area contributed by atoms with Gasteiger partial charge in [0.25, 0.3) is 0 Å². The first-order valence-electron chi connectivity index (χ1n) is 18.5. The van der Waals surface area contributed by atoms with E-state index in [9.17, 15) is 0 Å². The maximum absolute atomic E-state index is 7.03. The minimum absolute atomic E-state index is 0.0259. The van der Waals surface area contributed by atoms with Crippen molar-refractivity contribution in [1.82, 2.24) is 16.0 Å². The Bertz CT molecular complexity index is 2610. The normalized spacial score (nSPS) is 17.2. The highest BCUT2D eigenvalue weighted by Gasteiger charge is 2.30. The molecule has 0 aliphatic carbocycles. The monoisotopic (exact) mass is 698 g/mol. The van der Waals surface area contributed by atoms with E-state index in [-0.39, 0.29) is 18.5 Å². The lowest BCUT2D eigenvalue weighted by Gasteiger charge is -2.39. The van der Waals surface area contributed by atoms with E-state index >= 15 is 0 Å². The molecule has 1 saturated heterocycles. The first-order chi connectivity index (χ1) is 26.8. The van der Waals surface area contributed by atoms with Crippen molar-refractivity contribution in [2.75, 3.05) is 4.90 Å². The third-order valence-electron chi connectivity index (χ3n) is 10.6. The Labute approximate surface area is 314 Å². The van der Waals surface area contributed by atoms with Crippen molar-refractivity contribution >= 4 is 49.8 Å². The van der Waals surface area contributed by atoms with E-state index in [1.807, 2.05) is 0 Å². The summed E-state index contributed by atoms with van der Waals surface area (Å²) in [5.41, 5.74) is 10.7. The summed E-state index contributed by atoms with van der Waals surface area (Å²) < 4.78 is 7.03. The van der Waals surface area contributed by atoms with Gasteiger partial charge in [0.2, 0.25) is 0 Å². The molecule has 54 heavy (non-hydrogen) atoms. The zero-order chi connectivity index (χ0) is 35.8. The second kappa shape index (κ2) is 13.8. The summed E-state index contributed by atoms with van der Waals surface area (Å²) in [6, 6.07) is 68.6. The molecule has 260 valence electrons. The van der Waals surface area contributed by atoms with Gasteiger partial charge in [0.05, 0.1) is 29.6 Å². The van der Waals surface area contributed by atoms with Gasteiger partial charge in [-0.3, -0.25) is 16.0 Å². The average molecular weight is 699 g/mol. The van der Waals surface area contributed by atoms with E-state index in [0.29, 0.717) is 0 Å². The van der Waals surface area contributed by atoms with E-state index in [1.165, 1.54) is 11.1 Å². The summed E-state index contributed by atoms with van der Waals surface area (Å²) in [5, 5.41) is 15.8. The van der Waals surface area contributed by atoms with E-state index < -0.39 is 0 Å². The van der Waals surface area contributed by atoms with E-state index in [1.54, 1.807) is 0 Å². The van der Waals surface area contributed by atoms with Crippen LogP contribution in [0.2, 0.25) is 0 Å². The Morgan fingerprint density at radius 1 is 0.407 bits per heavy atom. The second-order valence-corrected chi connectivity index (χ2v) is 13.9. The number of nitrogens with zero attached hydrogens (tertiary/aromatic N) is 1. The Morgan fingerprint density at radius 2 is 0.889 bits per heavy atom. The smallest absolute Gasteiger partial charge is 0.145 e. The molecule has 1 fully saturated rings. The molecule has 0 amide bonds. The molecule has 1 aromatic heterocycles. The van der Waals surface area contributed by atoms with Crippen molar-refractivity contribution in [2.24, 2.45) is 0 Å². The van der Waals surface area contributed by atoms with Crippen molar-refractivity contribution in [3.05, 3.63) is 211 Å². The van der Waals surface area contributed by atoms with Crippen LogP contribution in [-0.2, 0) is 0 Å². The minimum Gasteiger partial charge on any atom is -0.455 e. The predicted octanol–water partition coefficient (Wildman–Crippen LogP) is 12.1. The molecular formula is C49H38N4O. The van der Waals surface area contributed by atoms with Crippen LogP contribution < -0.4 is 20.9 Å². The molecule has 2 heterocycles. The van der Waals surface area contributed by atoms with Crippen LogP contribution in [0.1, 0.15) is 35.2 Å². The molecule has 9 aromatic rings. The number of anilines is 3. The van der Waals surface area contributed by atoms with Gasteiger partial charge in [0.15, 0.2) is 0 Å². The van der Waals surface area contributed by atoms with Crippen molar-refractivity contribution in [1.29, 1.82) is 0 Å². The summed E-state index contributed by atoms with van der Waals surface area (Å²) in [5.74, 6) is 0. The fourth-order valence-electron chi connectivity index (χ4n) is 7.97. The summed E-state index contributed by atoms with van der Waals surface area (Å²) in [6.07, 6.45) is -0.127. The fourth-order valence-corrected chi connectivity index (χ4v) is 7.97. The van der Waals surface area contributed by atoms with Crippen LogP contribution >= 0.6 is 0 Å². The number of hydrogen-bond acceptors (Lipinski definition) is 5. The molecule has 0 bridgehead atoms. The number of benzene rings is 8. The molecular weight excluding hydrogens is 661 g/mol. The van der Waals surface area contributed by atoms with Crippen LogP contribution in [0.4, 0.5) is 17.1 Å². The van der Waals surface area contributed by atoms with E-state index in [4.69, 9.17) is 4.42 Å². The molecule has 2 unspecified atom stereocenters. The highest BCUT2D eigenvalue weighted by atomic mass is 16.3. The van der Waals surface area contributed by atoms with Crippen LogP contribution in [0.5, 0.6) is 0 Å². The fraction of sp³-hybridized carbons (Fsp3) is 0.0612. The summed E-state index contributed by atoms with van der Waals surface area (Å²) in [7, 11) is 0. The number of fused-ring (bicyclic) bond motifs is 5. The van der Waals surface area contributed by atoms with Crippen LogP contribution in [0.25, 0.3) is 43.8 Å². The molecule has 1 aliphatic heterocycles. The number of nitrogens with one attached hydrogen (secondary N) is 3. The third-order valence-corrected chi connectivity index (χ3v) is 10.6. The second-order valence-electron chi connectivity index (χ2n) is 13.9. The van der Waals surface area contributed by atoms with Crippen LogP contribution in [0.3, 0.4) is 0 Å². The molecule has 0 saturated carbocycles. The van der Waals surface area contributed by atoms with Gasteiger partial charge in [-0.15, -0.1) is 0 Å². The zero-order valence-corrected chi connectivity index (χ0v) is 29.6. The number of hydrogen-bond donors (Lipinski definition) is 3. The molecule has 5 heteroatoms. The minimum atomic E-state index is -0.0754. The quantitative estimate of drug-likeness (QED) is 0.155. The van der Waals surface area contributed by atoms with Gasteiger partial charge < -0.3 is 9.32 Å². The van der Waals surface area contributed by atoms with Crippen LogP contribution in [-0.4, -0.2) is 0 Å². The van der Waals surface area contributed by atoms with Gasteiger partial charge in [0, 0.05) is 27.7 Å². The van der Waals surface area contributed by atoms with Crippen molar-refractivity contribution in [3.8, 4) is 11.1 Å². The maximum atomic E-state index is 7.03. The Kier molecular flexibility index (Phi) is 8.23. The average Bonchev–Trinajstić information content (AvgIpc) is 3.66. The van der Waals surface area contributed by atoms with Gasteiger partial charge in [-0.2, -0.15) is 0 Å². The van der Waals surface area contributed by atoms with Gasteiger partial charge in [0.1, 0.15) is 11.2 Å². The summed E-state index contributed by atoms with van der Waals surface area (Å²) in [4.78, 5) is 2.34. The predicted molar refractivity (Wildman–Crippen MR) is 222 cm³/mol.